The van der Waals surface area contributed by atoms with Crippen molar-refractivity contribution in [3.8, 4) is 0 Å². The Hall–Kier alpha value is -1.95. The monoisotopic (exact) mass is 332 g/mol. The van der Waals surface area contributed by atoms with E-state index in [-0.39, 0.29) is 11.5 Å². The van der Waals surface area contributed by atoms with E-state index >= 15 is 0 Å². The molecule has 0 bridgehead atoms. The van der Waals surface area contributed by atoms with Crippen molar-refractivity contribution in [1.82, 2.24) is 9.97 Å². The number of carbonyl (C=O) groups is 1. The van der Waals surface area contributed by atoms with Gasteiger partial charge in [-0.3, -0.25) is 4.79 Å². The molecule has 2 aromatic rings. The van der Waals surface area contributed by atoms with Gasteiger partial charge in [0.15, 0.2) is 11.9 Å². The molecule has 2 heterocycles. The number of aromatic amines is 1. The molecule has 0 aromatic carbocycles. The summed E-state index contributed by atoms with van der Waals surface area (Å²) in [6.07, 6.45) is 3.25. The molecule has 0 spiro atoms. The van der Waals surface area contributed by atoms with Gasteiger partial charge >= 0.3 is 5.97 Å². The lowest BCUT2D eigenvalue weighted by atomic mass is 10.2. The predicted octanol–water partition coefficient (Wildman–Crippen LogP) is 3.56. The van der Waals surface area contributed by atoms with E-state index in [0.29, 0.717) is 22.0 Å². The van der Waals surface area contributed by atoms with Crippen LogP contribution in [0, 0.1) is 19.8 Å². The third kappa shape index (κ3) is 3.22. The van der Waals surface area contributed by atoms with Crippen molar-refractivity contribution in [3.63, 3.8) is 0 Å². The number of fused-ring (bicyclic) bond motifs is 1. The molecule has 1 aliphatic rings. The molecule has 1 aliphatic carbocycles. The second-order valence-corrected chi connectivity index (χ2v) is 7.36. The number of carbonyl (C=O) groups excluding carboxylic acids is 1. The number of aryl methyl sites for hydroxylation is 2. The molecule has 23 heavy (non-hydrogen) atoms. The largest absolute Gasteiger partial charge is 0.451 e. The highest BCUT2D eigenvalue weighted by molar-refractivity contribution is 7.18. The Labute approximate surface area is 138 Å². The zero-order valence-corrected chi connectivity index (χ0v) is 14.5. The smallest absolute Gasteiger partial charge is 0.331 e. The highest BCUT2D eigenvalue weighted by Gasteiger charge is 2.24. The topological polar surface area (TPSA) is 72.0 Å². The van der Waals surface area contributed by atoms with E-state index in [1.807, 2.05) is 20.8 Å². The minimum atomic E-state index is -0.592. The Kier molecular flexibility index (Phi) is 4.10. The fourth-order valence-corrected chi connectivity index (χ4v) is 3.61. The summed E-state index contributed by atoms with van der Waals surface area (Å²) in [7, 11) is 0. The van der Waals surface area contributed by atoms with Crippen LogP contribution in [-0.4, -0.2) is 15.9 Å². The number of H-pyrrole nitrogens is 1. The second-order valence-electron chi connectivity index (χ2n) is 6.16. The summed E-state index contributed by atoms with van der Waals surface area (Å²) in [5.41, 5.74) is 1.83. The van der Waals surface area contributed by atoms with Crippen LogP contribution in [0.1, 0.15) is 49.1 Å². The zero-order chi connectivity index (χ0) is 16.7. The fraction of sp³-hybridized carbons (Fsp3) is 0.471. The molecule has 3 rings (SSSR count). The molecule has 0 radical (unpaired) electrons. The normalized spacial score (nSPS) is 16.6. The van der Waals surface area contributed by atoms with Crippen molar-refractivity contribution in [2.24, 2.45) is 5.92 Å². The molecule has 1 saturated carbocycles. The van der Waals surface area contributed by atoms with E-state index in [9.17, 15) is 9.59 Å². The van der Waals surface area contributed by atoms with Crippen LogP contribution in [-0.2, 0) is 9.53 Å². The Morgan fingerprint density at radius 1 is 1.43 bits per heavy atom. The van der Waals surface area contributed by atoms with Crippen molar-refractivity contribution in [2.45, 2.75) is 46.6 Å². The van der Waals surface area contributed by atoms with E-state index in [0.717, 1.165) is 28.9 Å². The van der Waals surface area contributed by atoms with Crippen LogP contribution < -0.4 is 5.56 Å². The molecule has 0 aliphatic heterocycles. The molecule has 0 saturated heterocycles. The number of aromatic nitrogens is 2. The third-order valence-electron chi connectivity index (χ3n) is 4.30. The summed E-state index contributed by atoms with van der Waals surface area (Å²) in [6, 6.07) is 0. The van der Waals surface area contributed by atoms with E-state index in [4.69, 9.17) is 4.74 Å². The van der Waals surface area contributed by atoms with Gasteiger partial charge in [-0.1, -0.05) is 5.57 Å². The van der Waals surface area contributed by atoms with Crippen molar-refractivity contribution in [2.75, 3.05) is 0 Å². The highest BCUT2D eigenvalue weighted by atomic mass is 32.1. The van der Waals surface area contributed by atoms with Gasteiger partial charge in [0.2, 0.25) is 0 Å². The molecule has 0 amide bonds. The van der Waals surface area contributed by atoms with Gasteiger partial charge in [0.25, 0.3) is 5.56 Å². The number of ether oxygens (including phenoxy) is 1. The summed E-state index contributed by atoms with van der Waals surface area (Å²) < 4.78 is 5.38. The molecular formula is C17H20N2O3S. The molecule has 1 unspecified atom stereocenters. The van der Waals surface area contributed by atoms with Crippen LogP contribution in [0.3, 0.4) is 0 Å². The molecule has 1 atom stereocenters. The lowest BCUT2D eigenvalue weighted by Crippen LogP contribution is -2.16. The third-order valence-corrected chi connectivity index (χ3v) is 5.40. The fourth-order valence-electron chi connectivity index (χ4n) is 2.57. The first-order chi connectivity index (χ1) is 10.9. The van der Waals surface area contributed by atoms with Gasteiger partial charge in [-0.2, -0.15) is 0 Å². The van der Waals surface area contributed by atoms with Gasteiger partial charge in [0.1, 0.15) is 4.83 Å². The quantitative estimate of drug-likeness (QED) is 0.686. The van der Waals surface area contributed by atoms with Crippen LogP contribution in [0.15, 0.2) is 16.4 Å². The predicted molar refractivity (Wildman–Crippen MR) is 90.7 cm³/mol. The molecule has 6 heteroatoms. The van der Waals surface area contributed by atoms with Crippen molar-refractivity contribution in [1.29, 1.82) is 0 Å². The first-order valence-electron chi connectivity index (χ1n) is 7.75. The lowest BCUT2D eigenvalue weighted by molar-refractivity contribution is -0.142. The molecule has 1 N–H and O–H groups in total. The second kappa shape index (κ2) is 5.92. The van der Waals surface area contributed by atoms with Crippen molar-refractivity contribution in [3.05, 3.63) is 38.3 Å². The average molecular weight is 332 g/mol. The minimum Gasteiger partial charge on any atom is -0.451 e. The van der Waals surface area contributed by atoms with Crippen LogP contribution >= 0.6 is 11.3 Å². The highest BCUT2D eigenvalue weighted by Crippen LogP contribution is 2.36. The maximum atomic E-state index is 12.3. The number of thiophene rings is 1. The standard InChI is InChI=1S/C17H20N2O3S/c1-8(12-5-6-12)7-13(20)22-10(3)15-18-16(21)14-9(2)11(4)23-17(14)19-15/h7,10,12H,5-6H2,1-4H3,(H,18,19,21). The van der Waals surface area contributed by atoms with Gasteiger partial charge in [0, 0.05) is 11.0 Å². The zero-order valence-electron chi connectivity index (χ0n) is 13.7. The Balaban J connectivity index is 1.83. The number of rotatable bonds is 4. The number of esters is 1. The molecule has 5 nitrogen and oxygen atoms in total. The van der Waals surface area contributed by atoms with E-state index < -0.39 is 6.10 Å². The maximum Gasteiger partial charge on any atom is 0.331 e. The molecule has 2 aromatic heterocycles. The molecular weight excluding hydrogens is 312 g/mol. The minimum absolute atomic E-state index is 0.181. The van der Waals surface area contributed by atoms with Crippen LogP contribution in [0.5, 0.6) is 0 Å². The van der Waals surface area contributed by atoms with Crippen LogP contribution in [0.25, 0.3) is 10.2 Å². The maximum absolute atomic E-state index is 12.3. The Bertz CT molecular complexity index is 859. The summed E-state index contributed by atoms with van der Waals surface area (Å²) in [4.78, 5) is 33.2. The molecule has 122 valence electrons. The number of allylic oxidation sites excluding steroid dienone is 1. The SMILES string of the molecule is CC(=CC(=O)OC(C)c1nc2sc(C)c(C)c2c(=O)[nH]1)C1CC1. The van der Waals surface area contributed by atoms with Gasteiger partial charge in [-0.15, -0.1) is 11.3 Å². The number of hydrogen-bond acceptors (Lipinski definition) is 5. The van der Waals surface area contributed by atoms with Crippen LogP contribution in [0.2, 0.25) is 0 Å². The van der Waals surface area contributed by atoms with Gasteiger partial charge in [-0.05, 0) is 52.0 Å². The number of nitrogens with zero attached hydrogens (tertiary/aromatic N) is 1. The molecule has 1 fully saturated rings. The summed E-state index contributed by atoms with van der Waals surface area (Å²) >= 11 is 1.48. The van der Waals surface area contributed by atoms with E-state index in [1.54, 1.807) is 13.0 Å². The van der Waals surface area contributed by atoms with Crippen molar-refractivity contribution < 1.29 is 9.53 Å². The van der Waals surface area contributed by atoms with Crippen LogP contribution in [0.4, 0.5) is 0 Å². The Morgan fingerprint density at radius 3 is 2.78 bits per heavy atom. The van der Waals surface area contributed by atoms with Gasteiger partial charge in [-0.25, -0.2) is 9.78 Å². The van der Waals surface area contributed by atoms with E-state index in [1.165, 1.54) is 11.3 Å². The van der Waals surface area contributed by atoms with Gasteiger partial charge < -0.3 is 9.72 Å². The summed E-state index contributed by atoms with van der Waals surface area (Å²) in [5.74, 6) is 0.530. The Morgan fingerprint density at radius 2 is 2.13 bits per heavy atom. The first kappa shape index (κ1) is 15.9. The van der Waals surface area contributed by atoms with Gasteiger partial charge in [0.05, 0.1) is 5.39 Å². The number of hydrogen-bond donors (Lipinski definition) is 1. The van der Waals surface area contributed by atoms with E-state index in [2.05, 4.69) is 9.97 Å². The lowest BCUT2D eigenvalue weighted by Gasteiger charge is -2.11. The average Bonchev–Trinajstić information content (AvgIpc) is 3.26. The number of nitrogens with one attached hydrogen (secondary N) is 1. The van der Waals surface area contributed by atoms with Crippen molar-refractivity contribution >= 4 is 27.5 Å². The first-order valence-corrected chi connectivity index (χ1v) is 8.57. The summed E-state index contributed by atoms with van der Waals surface area (Å²) in [5, 5.41) is 0.624. The summed E-state index contributed by atoms with van der Waals surface area (Å²) in [6.45, 7) is 7.55.